The number of aromatic carboxylic acids is 1. The normalized spacial score (nSPS) is 19.5. The maximum atomic E-state index is 12.3. The number of ether oxygens (including phenoxy) is 2. The molecule has 0 unspecified atom stereocenters. The molecule has 1 saturated heterocycles. The van der Waals surface area contributed by atoms with E-state index in [-0.39, 0.29) is 42.1 Å². The third-order valence-electron chi connectivity index (χ3n) is 7.84. The largest absolute Gasteiger partial charge is 0.478 e. The fraction of sp³-hybridized carbons (Fsp3) is 0.400. The van der Waals surface area contributed by atoms with Gasteiger partial charge in [-0.05, 0) is 41.7 Å². The first-order valence-corrected chi connectivity index (χ1v) is 16.3. The Morgan fingerprint density at radius 1 is 0.844 bits per heavy atom. The summed E-state index contributed by atoms with van der Waals surface area (Å²) in [6, 6.07) is 22.5. The fourth-order valence-corrected chi connectivity index (χ4v) is 6.40. The van der Waals surface area contributed by atoms with Gasteiger partial charge in [-0.25, -0.2) is 4.79 Å². The standard InChI is InChI=1S/C35H42N2O7S/c1-23-30(22-45-31-9-6-5-8-29(31)34(41)42)43-35(44-33(23)27-15-13-26(21-38)14-16-27)28-17-11-25(12-18-28)20-37-32(40)10-4-3-7-19-36-24(2)39/h5-6,8-9,11-18,23,30,33,35,38H,3-4,7,10,19-22H2,1-2H3,(H,36,39)(H,37,40)(H,41,42)/t23-,30+,33+,35+/m0/s1. The quantitative estimate of drug-likeness (QED) is 0.122. The van der Waals surface area contributed by atoms with Gasteiger partial charge in [0, 0.05) is 48.6 Å². The predicted molar refractivity (Wildman–Crippen MR) is 173 cm³/mol. The molecule has 4 N–H and O–H groups in total. The van der Waals surface area contributed by atoms with Crippen molar-refractivity contribution in [1.29, 1.82) is 0 Å². The van der Waals surface area contributed by atoms with Gasteiger partial charge in [0.25, 0.3) is 0 Å². The van der Waals surface area contributed by atoms with E-state index < -0.39 is 12.3 Å². The molecule has 45 heavy (non-hydrogen) atoms. The molecule has 4 atom stereocenters. The molecule has 0 aliphatic carbocycles. The molecule has 0 bridgehead atoms. The summed E-state index contributed by atoms with van der Waals surface area (Å²) in [5, 5.41) is 24.9. The summed E-state index contributed by atoms with van der Waals surface area (Å²) in [6.45, 7) is 4.57. The van der Waals surface area contributed by atoms with Crippen molar-refractivity contribution < 1.29 is 34.1 Å². The minimum absolute atomic E-state index is 0.00795. The van der Waals surface area contributed by atoms with E-state index in [1.165, 1.54) is 18.7 Å². The molecule has 0 radical (unpaired) electrons. The van der Waals surface area contributed by atoms with E-state index in [0.29, 0.717) is 30.2 Å². The van der Waals surface area contributed by atoms with E-state index in [1.54, 1.807) is 12.1 Å². The maximum absolute atomic E-state index is 12.3. The molecule has 4 rings (SSSR count). The SMILES string of the molecule is CC(=O)NCCCCCC(=O)NCc1ccc([C@@H]2O[C@H](CSc3ccccc3C(=O)O)[C@H](C)[C@H](c3ccc(CO)cc3)O2)cc1. The Bertz CT molecular complexity index is 1410. The van der Waals surface area contributed by atoms with E-state index in [2.05, 4.69) is 17.6 Å². The van der Waals surface area contributed by atoms with Crippen molar-refractivity contribution in [3.63, 3.8) is 0 Å². The second-order valence-electron chi connectivity index (χ2n) is 11.2. The van der Waals surface area contributed by atoms with Crippen molar-refractivity contribution in [1.82, 2.24) is 10.6 Å². The summed E-state index contributed by atoms with van der Waals surface area (Å²) in [5.74, 6) is -0.513. The Hall–Kier alpha value is -3.70. The van der Waals surface area contributed by atoms with Crippen LogP contribution >= 0.6 is 11.8 Å². The number of aliphatic hydroxyl groups excluding tert-OH is 1. The molecular weight excluding hydrogens is 592 g/mol. The fourth-order valence-electron chi connectivity index (χ4n) is 5.18. The number of rotatable bonds is 15. The second kappa shape index (κ2) is 17.1. The van der Waals surface area contributed by atoms with Crippen molar-refractivity contribution in [2.75, 3.05) is 12.3 Å². The van der Waals surface area contributed by atoms with Crippen LogP contribution in [0.2, 0.25) is 0 Å². The number of aliphatic hydroxyl groups is 1. The number of hydrogen-bond acceptors (Lipinski definition) is 7. The van der Waals surface area contributed by atoms with E-state index in [9.17, 15) is 24.6 Å². The third-order valence-corrected chi connectivity index (χ3v) is 9.00. The molecule has 0 saturated carbocycles. The number of nitrogens with one attached hydrogen (secondary N) is 2. The summed E-state index contributed by atoms with van der Waals surface area (Å²) in [7, 11) is 0. The average Bonchev–Trinajstić information content (AvgIpc) is 3.05. The molecule has 9 nitrogen and oxygen atoms in total. The summed E-state index contributed by atoms with van der Waals surface area (Å²) < 4.78 is 13.0. The second-order valence-corrected chi connectivity index (χ2v) is 12.3. The lowest BCUT2D eigenvalue weighted by Gasteiger charge is -2.41. The number of hydrogen-bond donors (Lipinski definition) is 4. The lowest BCUT2D eigenvalue weighted by molar-refractivity contribution is -0.268. The molecule has 10 heteroatoms. The predicted octanol–water partition coefficient (Wildman–Crippen LogP) is 5.77. The zero-order valence-electron chi connectivity index (χ0n) is 25.7. The lowest BCUT2D eigenvalue weighted by Crippen LogP contribution is -2.38. The Labute approximate surface area is 268 Å². The molecule has 1 fully saturated rings. The van der Waals surface area contributed by atoms with Crippen molar-refractivity contribution in [3.8, 4) is 0 Å². The zero-order chi connectivity index (χ0) is 32.2. The van der Waals surface area contributed by atoms with E-state index >= 15 is 0 Å². The van der Waals surface area contributed by atoms with Gasteiger partial charge in [0.1, 0.15) is 0 Å². The highest BCUT2D eigenvalue weighted by atomic mass is 32.2. The highest BCUT2D eigenvalue weighted by molar-refractivity contribution is 7.99. The van der Waals surface area contributed by atoms with Gasteiger partial charge >= 0.3 is 5.97 Å². The number of thioether (sulfide) groups is 1. The lowest BCUT2D eigenvalue weighted by atomic mass is 9.91. The Balaban J connectivity index is 1.40. The first-order chi connectivity index (χ1) is 21.7. The van der Waals surface area contributed by atoms with Gasteiger partial charge in [0.2, 0.25) is 11.8 Å². The monoisotopic (exact) mass is 634 g/mol. The number of carbonyl (C=O) groups is 3. The summed E-state index contributed by atoms with van der Waals surface area (Å²) in [4.78, 5) is 35.7. The number of unbranched alkanes of at least 4 members (excludes halogenated alkanes) is 2. The highest BCUT2D eigenvalue weighted by Crippen LogP contribution is 2.43. The first-order valence-electron chi connectivity index (χ1n) is 15.3. The smallest absolute Gasteiger partial charge is 0.336 e. The third kappa shape index (κ3) is 10.2. The first kappa shape index (κ1) is 34.2. The summed E-state index contributed by atoms with van der Waals surface area (Å²) in [6.07, 6.45) is 1.76. The van der Waals surface area contributed by atoms with Crippen LogP contribution in [-0.2, 0) is 32.2 Å². The van der Waals surface area contributed by atoms with Crippen LogP contribution in [-0.4, -0.2) is 46.4 Å². The highest BCUT2D eigenvalue weighted by Gasteiger charge is 2.38. The minimum Gasteiger partial charge on any atom is -0.478 e. The molecule has 3 aromatic rings. The van der Waals surface area contributed by atoms with Crippen LogP contribution in [0.1, 0.15) is 84.5 Å². The number of benzene rings is 3. The van der Waals surface area contributed by atoms with Crippen LogP contribution in [0.15, 0.2) is 77.7 Å². The van der Waals surface area contributed by atoms with Crippen LogP contribution in [0.25, 0.3) is 0 Å². The van der Waals surface area contributed by atoms with Crippen LogP contribution in [0.4, 0.5) is 0 Å². The maximum Gasteiger partial charge on any atom is 0.336 e. The molecule has 1 aliphatic rings. The van der Waals surface area contributed by atoms with Crippen molar-refractivity contribution in [2.24, 2.45) is 5.92 Å². The molecule has 1 heterocycles. The van der Waals surface area contributed by atoms with Crippen LogP contribution in [0, 0.1) is 5.92 Å². The molecule has 1 aliphatic heterocycles. The van der Waals surface area contributed by atoms with E-state index in [1.807, 2.05) is 60.7 Å². The molecule has 2 amide bonds. The van der Waals surface area contributed by atoms with Gasteiger partial charge in [0.15, 0.2) is 6.29 Å². The molecule has 0 aromatic heterocycles. The number of amides is 2. The average molecular weight is 635 g/mol. The summed E-state index contributed by atoms with van der Waals surface area (Å²) in [5.41, 5.74) is 3.85. The van der Waals surface area contributed by atoms with Crippen LogP contribution < -0.4 is 10.6 Å². The van der Waals surface area contributed by atoms with Crippen molar-refractivity contribution >= 4 is 29.5 Å². The van der Waals surface area contributed by atoms with Gasteiger partial charge < -0.3 is 30.3 Å². The molecule has 3 aromatic carbocycles. The summed E-state index contributed by atoms with van der Waals surface area (Å²) >= 11 is 1.46. The van der Waals surface area contributed by atoms with Gasteiger partial charge in [-0.3, -0.25) is 9.59 Å². The topological polar surface area (TPSA) is 134 Å². The Morgan fingerprint density at radius 2 is 1.53 bits per heavy atom. The molecule has 0 spiro atoms. The van der Waals surface area contributed by atoms with Gasteiger partial charge in [-0.1, -0.05) is 74.0 Å². The number of carboxylic acids is 1. The number of carbonyl (C=O) groups excluding carboxylic acids is 2. The van der Waals surface area contributed by atoms with E-state index in [0.717, 1.165) is 41.5 Å². The Kier molecular flexibility index (Phi) is 13.0. The van der Waals surface area contributed by atoms with Gasteiger partial charge in [0.05, 0.1) is 24.4 Å². The van der Waals surface area contributed by atoms with Gasteiger partial charge in [-0.2, -0.15) is 0 Å². The number of carboxylic acid groups (broad SMARTS) is 1. The van der Waals surface area contributed by atoms with Gasteiger partial charge in [-0.15, -0.1) is 11.8 Å². The van der Waals surface area contributed by atoms with Crippen LogP contribution in [0.5, 0.6) is 0 Å². The van der Waals surface area contributed by atoms with Crippen molar-refractivity contribution in [3.05, 3.63) is 101 Å². The Morgan fingerprint density at radius 3 is 2.22 bits per heavy atom. The molecular formula is C35H42N2O7S. The minimum atomic E-state index is -0.964. The zero-order valence-corrected chi connectivity index (χ0v) is 26.6. The molecule has 240 valence electrons. The van der Waals surface area contributed by atoms with Crippen LogP contribution in [0.3, 0.4) is 0 Å². The van der Waals surface area contributed by atoms with Crippen molar-refractivity contribution in [2.45, 2.75) is 76.1 Å². The van der Waals surface area contributed by atoms with E-state index in [4.69, 9.17) is 9.47 Å².